The third-order valence-electron chi connectivity index (χ3n) is 4.96. The van der Waals surface area contributed by atoms with Crippen molar-refractivity contribution in [3.63, 3.8) is 0 Å². The van der Waals surface area contributed by atoms with E-state index in [-0.39, 0.29) is 12.1 Å². The number of hydrogen-bond acceptors (Lipinski definition) is 4. The van der Waals surface area contributed by atoms with Crippen LogP contribution in [-0.4, -0.2) is 34.0 Å². The van der Waals surface area contributed by atoms with Crippen LogP contribution in [0.25, 0.3) is 11.4 Å². The molecule has 1 aliphatic rings. The van der Waals surface area contributed by atoms with Crippen LogP contribution in [0.4, 0.5) is 0 Å². The lowest BCUT2D eigenvalue weighted by Gasteiger charge is -2.32. The molecule has 0 bridgehead atoms. The minimum absolute atomic E-state index is 0.0743. The molecule has 3 atom stereocenters. The number of unbranched alkanes of at least 4 members (excludes halogenated alkanes) is 1. The zero-order valence-electron chi connectivity index (χ0n) is 14.7. The molecule has 130 valence electrons. The Hall–Kier alpha value is -1.72. The van der Waals surface area contributed by atoms with E-state index in [0.29, 0.717) is 5.92 Å². The summed E-state index contributed by atoms with van der Waals surface area (Å²) >= 11 is 0. The third kappa shape index (κ3) is 3.68. The first-order chi connectivity index (χ1) is 11.7. The molecule has 0 unspecified atom stereocenters. The van der Waals surface area contributed by atoms with Crippen LogP contribution in [0.15, 0.2) is 30.3 Å². The summed E-state index contributed by atoms with van der Waals surface area (Å²) in [5.74, 6) is 2.28. The third-order valence-corrected chi connectivity index (χ3v) is 4.96. The Morgan fingerprint density at radius 2 is 2.04 bits per heavy atom. The summed E-state index contributed by atoms with van der Waals surface area (Å²) in [6.45, 7) is 3.12. The lowest BCUT2D eigenvalue weighted by atomic mass is 9.83. The predicted octanol–water partition coefficient (Wildman–Crippen LogP) is 3.36. The highest BCUT2D eigenvalue weighted by molar-refractivity contribution is 5.54. The molecule has 5 nitrogen and oxygen atoms in total. The highest BCUT2D eigenvalue weighted by Crippen LogP contribution is 2.33. The zero-order valence-corrected chi connectivity index (χ0v) is 14.7. The maximum absolute atomic E-state index is 6.30. The maximum atomic E-state index is 6.30. The highest BCUT2D eigenvalue weighted by atomic mass is 16.5. The molecule has 1 aliphatic carbocycles. The van der Waals surface area contributed by atoms with Crippen LogP contribution >= 0.6 is 0 Å². The second-order valence-corrected chi connectivity index (χ2v) is 6.68. The van der Waals surface area contributed by atoms with Gasteiger partial charge < -0.3 is 10.5 Å². The van der Waals surface area contributed by atoms with Gasteiger partial charge in [-0.25, -0.2) is 9.67 Å². The van der Waals surface area contributed by atoms with Gasteiger partial charge in [-0.15, -0.1) is 0 Å². The molecule has 1 fully saturated rings. The van der Waals surface area contributed by atoms with E-state index in [1.54, 1.807) is 7.11 Å². The van der Waals surface area contributed by atoms with Gasteiger partial charge in [0.1, 0.15) is 5.82 Å². The Balaban J connectivity index is 1.86. The van der Waals surface area contributed by atoms with E-state index in [4.69, 9.17) is 20.6 Å². The Labute approximate surface area is 144 Å². The molecule has 3 rings (SSSR count). The van der Waals surface area contributed by atoms with Gasteiger partial charge in [0.05, 0.1) is 6.10 Å². The summed E-state index contributed by atoms with van der Waals surface area (Å²) in [6, 6.07) is 10.3. The molecule has 1 saturated carbocycles. The Bertz CT molecular complexity index is 640. The van der Waals surface area contributed by atoms with Crippen LogP contribution in [0.1, 0.15) is 50.8 Å². The summed E-state index contributed by atoms with van der Waals surface area (Å²) in [5.41, 5.74) is 7.38. The number of aromatic nitrogens is 3. The van der Waals surface area contributed by atoms with Crippen LogP contribution in [0, 0.1) is 0 Å². The molecule has 0 saturated heterocycles. The van der Waals surface area contributed by atoms with Crippen LogP contribution < -0.4 is 5.73 Å². The van der Waals surface area contributed by atoms with Crippen molar-refractivity contribution in [2.24, 2.45) is 5.73 Å². The Kier molecular flexibility index (Phi) is 5.63. The second-order valence-electron chi connectivity index (χ2n) is 6.68. The Morgan fingerprint density at radius 3 is 2.71 bits per heavy atom. The van der Waals surface area contributed by atoms with Crippen molar-refractivity contribution in [3.05, 3.63) is 36.2 Å². The number of rotatable bonds is 6. The summed E-state index contributed by atoms with van der Waals surface area (Å²) in [7, 11) is 1.75. The molecule has 24 heavy (non-hydrogen) atoms. The van der Waals surface area contributed by atoms with E-state index in [1.807, 2.05) is 18.2 Å². The second kappa shape index (κ2) is 7.90. The minimum atomic E-state index is 0.0743. The van der Waals surface area contributed by atoms with Gasteiger partial charge in [-0.1, -0.05) is 43.7 Å². The van der Waals surface area contributed by atoms with Crippen LogP contribution in [-0.2, 0) is 11.3 Å². The van der Waals surface area contributed by atoms with E-state index in [2.05, 4.69) is 23.7 Å². The van der Waals surface area contributed by atoms with E-state index in [9.17, 15) is 0 Å². The summed E-state index contributed by atoms with van der Waals surface area (Å²) in [4.78, 5) is 4.90. The first-order valence-corrected chi connectivity index (χ1v) is 9.01. The van der Waals surface area contributed by atoms with Gasteiger partial charge in [-0.2, -0.15) is 5.10 Å². The standard InChI is InChI=1S/C19H28N4O/c1-3-4-12-23-19(15-10-11-17(24-2)16(20)13-15)21-18(22-23)14-8-6-5-7-9-14/h5-9,15-17H,3-4,10-13,20H2,1-2H3/t15-,16+,17+/m0/s1. The topological polar surface area (TPSA) is 66.0 Å². The molecular formula is C19H28N4O. The number of hydrogen-bond donors (Lipinski definition) is 1. The van der Waals surface area contributed by atoms with Crippen molar-refractivity contribution < 1.29 is 4.74 Å². The summed E-state index contributed by atoms with van der Waals surface area (Å²) in [6.07, 6.45) is 5.40. The van der Waals surface area contributed by atoms with Gasteiger partial charge in [0.25, 0.3) is 0 Å². The molecule has 1 heterocycles. The number of nitrogens with zero attached hydrogens (tertiary/aromatic N) is 3. The normalized spacial score (nSPS) is 24.2. The molecule has 2 N–H and O–H groups in total. The molecule has 1 aromatic carbocycles. The van der Waals surface area contributed by atoms with Gasteiger partial charge in [0.2, 0.25) is 0 Å². The molecule has 0 aliphatic heterocycles. The van der Waals surface area contributed by atoms with Crippen molar-refractivity contribution in [2.75, 3.05) is 7.11 Å². The van der Waals surface area contributed by atoms with Gasteiger partial charge in [-0.05, 0) is 25.7 Å². The maximum Gasteiger partial charge on any atom is 0.181 e. The smallest absolute Gasteiger partial charge is 0.181 e. The van der Waals surface area contributed by atoms with Crippen molar-refractivity contribution >= 4 is 0 Å². The van der Waals surface area contributed by atoms with E-state index in [0.717, 1.165) is 55.9 Å². The van der Waals surface area contributed by atoms with Gasteiger partial charge in [0.15, 0.2) is 5.82 Å². The van der Waals surface area contributed by atoms with Crippen molar-refractivity contribution in [2.45, 2.75) is 63.6 Å². The number of aryl methyl sites for hydroxylation is 1. The van der Waals surface area contributed by atoms with Crippen molar-refractivity contribution in [1.82, 2.24) is 14.8 Å². The number of methoxy groups -OCH3 is 1. The van der Waals surface area contributed by atoms with Crippen LogP contribution in [0.2, 0.25) is 0 Å². The molecule has 1 aromatic heterocycles. The molecule has 0 amide bonds. The monoisotopic (exact) mass is 328 g/mol. The average molecular weight is 328 g/mol. The minimum Gasteiger partial charge on any atom is -0.380 e. The van der Waals surface area contributed by atoms with E-state index in [1.165, 1.54) is 0 Å². The molecule has 2 aromatic rings. The van der Waals surface area contributed by atoms with E-state index >= 15 is 0 Å². The first-order valence-electron chi connectivity index (χ1n) is 9.01. The largest absolute Gasteiger partial charge is 0.380 e. The van der Waals surface area contributed by atoms with Crippen molar-refractivity contribution in [1.29, 1.82) is 0 Å². The van der Waals surface area contributed by atoms with Crippen LogP contribution in [0.3, 0.4) is 0 Å². The predicted molar refractivity (Wildman–Crippen MR) is 95.7 cm³/mol. The fraction of sp³-hybridized carbons (Fsp3) is 0.579. The van der Waals surface area contributed by atoms with Gasteiger partial charge >= 0.3 is 0 Å². The average Bonchev–Trinajstić information content (AvgIpc) is 3.05. The molecule has 0 radical (unpaired) electrons. The lowest BCUT2D eigenvalue weighted by molar-refractivity contribution is 0.0479. The quantitative estimate of drug-likeness (QED) is 0.883. The zero-order chi connectivity index (χ0) is 16.9. The van der Waals surface area contributed by atoms with E-state index < -0.39 is 0 Å². The SMILES string of the molecule is CCCCn1nc(-c2ccccc2)nc1[C@H]1CC[C@@H](OC)[C@H](N)C1. The molecule has 5 heteroatoms. The lowest BCUT2D eigenvalue weighted by Crippen LogP contribution is -2.41. The van der Waals surface area contributed by atoms with Gasteiger partial charge in [-0.3, -0.25) is 0 Å². The highest BCUT2D eigenvalue weighted by Gasteiger charge is 2.32. The number of benzene rings is 1. The first kappa shape index (κ1) is 17.1. The van der Waals surface area contributed by atoms with Gasteiger partial charge in [0, 0.05) is 31.2 Å². The summed E-state index contributed by atoms with van der Waals surface area (Å²) in [5, 5.41) is 4.79. The molecule has 0 spiro atoms. The van der Waals surface area contributed by atoms with Crippen molar-refractivity contribution in [3.8, 4) is 11.4 Å². The number of ether oxygens (including phenoxy) is 1. The van der Waals surface area contributed by atoms with Crippen LogP contribution in [0.5, 0.6) is 0 Å². The fourth-order valence-corrected chi connectivity index (χ4v) is 3.54. The number of nitrogens with two attached hydrogens (primary N) is 1. The summed E-state index contributed by atoms with van der Waals surface area (Å²) < 4.78 is 7.60. The fourth-order valence-electron chi connectivity index (χ4n) is 3.54. The Morgan fingerprint density at radius 1 is 1.25 bits per heavy atom. The molecular weight excluding hydrogens is 300 g/mol.